The van der Waals surface area contributed by atoms with Gasteiger partial charge in [-0.1, -0.05) is 61.5 Å². The molecular weight excluding hydrogens is 430 g/mol. The van der Waals surface area contributed by atoms with Gasteiger partial charge in [-0.2, -0.15) is 0 Å². The van der Waals surface area contributed by atoms with Crippen molar-refractivity contribution in [3.8, 4) is 0 Å². The molecule has 0 aliphatic heterocycles. The molecule has 0 saturated carbocycles. The summed E-state index contributed by atoms with van der Waals surface area (Å²) >= 11 is 1.62. The number of nitrogens with zero attached hydrogens (tertiary/aromatic N) is 3. The van der Waals surface area contributed by atoms with Crippen LogP contribution in [-0.4, -0.2) is 22.0 Å². The van der Waals surface area contributed by atoms with E-state index in [1.165, 1.54) is 4.68 Å². The van der Waals surface area contributed by atoms with Crippen LogP contribution in [0.2, 0.25) is 0 Å². The van der Waals surface area contributed by atoms with E-state index in [0.29, 0.717) is 36.4 Å². The van der Waals surface area contributed by atoms with Gasteiger partial charge >= 0.3 is 0 Å². The van der Waals surface area contributed by atoms with Gasteiger partial charge < -0.3 is 16.5 Å². The quantitative estimate of drug-likeness (QED) is 0.363. The second kappa shape index (κ2) is 11.9. The van der Waals surface area contributed by atoms with E-state index >= 15 is 0 Å². The molecule has 0 atom stereocenters. The molecule has 2 heterocycles. The van der Waals surface area contributed by atoms with Crippen molar-refractivity contribution in [2.75, 3.05) is 18.1 Å². The molecule has 2 aromatic heterocycles. The van der Waals surface area contributed by atoms with Crippen LogP contribution in [0.15, 0.2) is 88.9 Å². The van der Waals surface area contributed by atoms with E-state index in [-0.39, 0.29) is 5.91 Å². The fourth-order valence-electron chi connectivity index (χ4n) is 3.54. The first kappa shape index (κ1) is 24.1. The summed E-state index contributed by atoms with van der Waals surface area (Å²) in [6, 6.07) is 15.6. The molecule has 0 saturated heterocycles. The highest BCUT2D eigenvalue weighted by molar-refractivity contribution is 7.09. The van der Waals surface area contributed by atoms with Crippen molar-refractivity contribution in [3.05, 3.63) is 105 Å². The molecule has 3 rings (SSSR count). The number of hydrogen-bond acceptors (Lipinski definition) is 5. The monoisotopic (exact) mass is 461 g/mol. The Labute approximate surface area is 199 Å². The maximum absolute atomic E-state index is 13.6. The maximum Gasteiger partial charge on any atom is 0.256 e. The minimum absolute atomic E-state index is 0.138. The van der Waals surface area contributed by atoms with Crippen LogP contribution in [0.25, 0.3) is 0 Å². The van der Waals surface area contributed by atoms with Crippen molar-refractivity contribution in [1.29, 1.82) is 0 Å². The predicted molar refractivity (Wildman–Crippen MR) is 137 cm³/mol. The Bertz CT molecular complexity index is 1150. The zero-order valence-corrected chi connectivity index (χ0v) is 20.0. The molecule has 3 aromatic rings. The van der Waals surface area contributed by atoms with Gasteiger partial charge in [0.15, 0.2) is 5.49 Å². The smallest absolute Gasteiger partial charge is 0.256 e. The Hall–Kier alpha value is -3.58. The number of aromatic nitrogens is 1. The van der Waals surface area contributed by atoms with Crippen molar-refractivity contribution < 1.29 is 4.79 Å². The molecule has 0 spiro atoms. The lowest BCUT2D eigenvalue weighted by Crippen LogP contribution is -2.36. The van der Waals surface area contributed by atoms with E-state index in [9.17, 15) is 4.79 Å². The predicted octanol–water partition coefficient (Wildman–Crippen LogP) is 4.50. The highest BCUT2D eigenvalue weighted by Crippen LogP contribution is 2.15. The molecule has 0 bridgehead atoms. The molecule has 0 aliphatic rings. The average molecular weight is 462 g/mol. The zero-order chi connectivity index (χ0) is 23.6. The number of hydrogen-bond donors (Lipinski definition) is 2. The minimum atomic E-state index is -0.138. The summed E-state index contributed by atoms with van der Waals surface area (Å²) in [5.41, 5.74) is 9.66. The summed E-state index contributed by atoms with van der Waals surface area (Å²) in [5, 5.41) is 2.00. The van der Waals surface area contributed by atoms with Gasteiger partial charge in [0, 0.05) is 24.2 Å². The Morgan fingerprint density at radius 1 is 1.21 bits per heavy atom. The maximum atomic E-state index is 13.6. The molecule has 0 aliphatic carbocycles. The summed E-state index contributed by atoms with van der Waals surface area (Å²) in [7, 11) is 0. The molecule has 172 valence electrons. The van der Waals surface area contributed by atoms with E-state index in [1.807, 2.05) is 71.8 Å². The van der Waals surface area contributed by atoms with Crippen molar-refractivity contribution in [3.63, 3.8) is 0 Å². The summed E-state index contributed by atoms with van der Waals surface area (Å²) in [6.45, 7) is 5.52. The summed E-state index contributed by atoms with van der Waals surface area (Å²) < 4.78 is 1.34. The number of nitrogens with two attached hydrogens (primary N) is 2. The molecule has 0 fully saturated rings. The standard InChI is InChI=1S/C26H31N5OS/c1-3-9-20(10-4-2)17-30(18-21-11-6-5-7-12-21)26(32)22-15-24(27)25(31(28)19-22)29-16-23-13-8-14-33-23/h3,5-15,19H,4,16-18,27-28H2,1-2H3/b9-3-,20-10+,29-25?. The summed E-state index contributed by atoms with van der Waals surface area (Å²) in [5.74, 6) is 6.06. The lowest BCUT2D eigenvalue weighted by atomic mass is 10.1. The van der Waals surface area contributed by atoms with Crippen LogP contribution < -0.4 is 17.1 Å². The van der Waals surface area contributed by atoms with E-state index in [0.717, 1.165) is 22.4 Å². The number of carbonyl (C=O) groups is 1. The molecule has 33 heavy (non-hydrogen) atoms. The molecule has 1 amide bonds. The molecule has 0 unspecified atom stereocenters. The summed E-state index contributed by atoms with van der Waals surface area (Å²) in [6.07, 6.45) is 8.66. The number of allylic oxidation sites excluding steroid dienone is 2. The third kappa shape index (κ3) is 6.70. The first-order valence-electron chi connectivity index (χ1n) is 11.0. The number of pyridine rings is 1. The normalized spacial score (nSPS) is 12.4. The second-order valence-corrected chi connectivity index (χ2v) is 8.68. The third-order valence-electron chi connectivity index (χ3n) is 5.03. The van der Waals surface area contributed by atoms with Gasteiger partial charge in [-0.25, -0.2) is 0 Å². The van der Waals surface area contributed by atoms with Crippen molar-refractivity contribution in [1.82, 2.24) is 9.58 Å². The Balaban J connectivity index is 1.92. The van der Waals surface area contributed by atoms with E-state index in [1.54, 1.807) is 23.6 Å². The molecule has 1 aromatic carbocycles. The van der Waals surface area contributed by atoms with Crippen molar-refractivity contribution in [2.24, 2.45) is 4.99 Å². The number of thiophene rings is 1. The first-order chi connectivity index (χ1) is 16.0. The van der Waals surface area contributed by atoms with Gasteiger partial charge in [-0.3, -0.25) is 14.5 Å². The summed E-state index contributed by atoms with van der Waals surface area (Å²) in [4.78, 5) is 21.0. The van der Waals surface area contributed by atoms with Gasteiger partial charge in [0.2, 0.25) is 0 Å². The number of benzene rings is 1. The lowest BCUT2D eigenvalue weighted by molar-refractivity contribution is 0.0758. The Kier molecular flexibility index (Phi) is 8.66. The fraction of sp³-hybridized carbons (Fsp3) is 0.231. The average Bonchev–Trinajstić information content (AvgIpc) is 3.32. The van der Waals surface area contributed by atoms with E-state index in [4.69, 9.17) is 11.6 Å². The van der Waals surface area contributed by atoms with Crippen LogP contribution in [0.4, 0.5) is 5.69 Å². The zero-order valence-electron chi connectivity index (χ0n) is 19.1. The highest BCUT2D eigenvalue weighted by atomic mass is 32.1. The van der Waals surface area contributed by atoms with Crippen LogP contribution in [0.5, 0.6) is 0 Å². The first-order valence-corrected chi connectivity index (χ1v) is 11.8. The molecule has 7 heteroatoms. The Morgan fingerprint density at radius 2 is 2.00 bits per heavy atom. The SMILES string of the molecule is C/C=C\C(=C/CC)CN(Cc1ccccc1)C(=O)c1cc(N)c(=NCc2cccs2)n(N)c1. The van der Waals surface area contributed by atoms with E-state index < -0.39 is 0 Å². The minimum Gasteiger partial charge on any atom is -0.396 e. The number of carbonyl (C=O) groups excluding carboxylic acids is 1. The van der Waals surface area contributed by atoms with Crippen molar-refractivity contribution in [2.45, 2.75) is 33.4 Å². The largest absolute Gasteiger partial charge is 0.396 e. The van der Waals surface area contributed by atoms with E-state index in [2.05, 4.69) is 18.0 Å². The topological polar surface area (TPSA) is 89.6 Å². The number of nitrogen functional groups attached to an aromatic ring is 2. The number of anilines is 1. The van der Waals surface area contributed by atoms with Gasteiger partial charge in [0.05, 0.1) is 17.8 Å². The van der Waals surface area contributed by atoms with Crippen LogP contribution in [0.1, 0.15) is 41.1 Å². The van der Waals surface area contributed by atoms with Gasteiger partial charge in [0.1, 0.15) is 0 Å². The third-order valence-corrected chi connectivity index (χ3v) is 5.89. The number of amides is 1. The molecule has 0 radical (unpaired) electrons. The van der Waals surface area contributed by atoms with Crippen LogP contribution in [0.3, 0.4) is 0 Å². The van der Waals surface area contributed by atoms with Gasteiger partial charge in [0.25, 0.3) is 5.91 Å². The number of rotatable bonds is 9. The van der Waals surface area contributed by atoms with Crippen molar-refractivity contribution >= 4 is 22.9 Å². The van der Waals surface area contributed by atoms with Crippen LogP contribution >= 0.6 is 11.3 Å². The Morgan fingerprint density at radius 3 is 2.64 bits per heavy atom. The van der Waals surface area contributed by atoms with Crippen LogP contribution in [0, 0.1) is 0 Å². The molecular formula is C26H31N5OS. The second-order valence-electron chi connectivity index (χ2n) is 7.64. The fourth-order valence-corrected chi connectivity index (χ4v) is 4.17. The molecule has 4 N–H and O–H groups in total. The highest BCUT2D eigenvalue weighted by Gasteiger charge is 2.19. The van der Waals surface area contributed by atoms with Gasteiger partial charge in [-0.05, 0) is 42.0 Å². The van der Waals surface area contributed by atoms with Crippen LogP contribution in [-0.2, 0) is 13.1 Å². The lowest BCUT2D eigenvalue weighted by Gasteiger charge is -2.24. The van der Waals surface area contributed by atoms with Gasteiger partial charge in [-0.15, -0.1) is 11.3 Å². The molecule has 6 nitrogen and oxygen atoms in total.